The van der Waals surface area contributed by atoms with E-state index in [9.17, 15) is 0 Å². The molecule has 21 heavy (non-hydrogen) atoms. The minimum absolute atomic E-state index is 0.122. The number of thiophene rings is 1. The smallest absolute Gasteiger partial charge is 0.243 e. The summed E-state index contributed by atoms with van der Waals surface area (Å²) in [6.07, 6.45) is 0.147. The Morgan fingerprint density at radius 3 is 2.90 bits per heavy atom. The van der Waals surface area contributed by atoms with Gasteiger partial charge in [-0.3, -0.25) is 4.90 Å². The summed E-state index contributed by atoms with van der Waals surface area (Å²) in [5.74, 6) is 1.77. The number of aromatic nitrogens is 2. The first kappa shape index (κ1) is 14.7. The molecule has 0 radical (unpaired) electrons. The van der Waals surface area contributed by atoms with E-state index in [4.69, 9.17) is 9.26 Å². The normalized spacial score (nSPS) is 21.8. The number of hydrogen-bond donors (Lipinski definition) is 0. The number of hydrogen-bond acceptors (Lipinski definition) is 6. The Hall–Kier alpha value is -1.24. The first-order chi connectivity index (χ1) is 10.1. The molecule has 2 aromatic heterocycles. The number of ether oxygens (including phenoxy) is 1. The Morgan fingerprint density at radius 2 is 2.24 bits per heavy atom. The highest BCUT2D eigenvalue weighted by Crippen LogP contribution is 2.30. The summed E-state index contributed by atoms with van der Waals surface area (Å²) in [5, 5.41) is 6.15. The molecule has 1 saturated heterocycles. The lowest BCUT2D eigenvalue weighted by Gasteiger charge is -2.35. The predicted molar refractivity (Wildman–Crippen MR) is 81.4 cm³/mol. The fourth-order valence-electron chi connectivity index (χ4n) is 2.48. The van der Waals surface area contributed by atoms with Gasteiger partial charge in [0.15, 0.2) is 5.82 Å². The summed E-state index contributed by atoms with van der Waals surface area (Å²) in [6.45, 7) is 8.75. The van der Waals surface area contributed by atoms with E-state index in [1.165, 1.54) is 4.88 Å². The summed E-state index contributed by atoms with van der Waals surface area (Å²) in [7, 11) is 0. The molecule has 1 fully saturated rings. The van der Waals surface area contributed by atoms with Crippen LogP contribution >= 0.6 is 11.3 Å². The topological polar surface area (TPSA) is 51.4 Å². The van der Waals surface area contributed by atoms with E-state index in [2.05, 4.69) is 53.3 Å². The predicted octanol–water partition coefficient (Wildman–Crippen LogP) is 3.39. The van der Waals surface area contributed by atoms with Crippen LogP contribution < -0.4 is 0 Å². The molecular formula is C15H21N3O2S. The number of rotatable bonds is 4. The molecule has 0 aromatic carbocycles. The van der Waals surface area contributed by atoms with Crippen molar-refractivity contribution >= 4 is 11.3 Å². The van der Waals surface area contributed by atoms with Gasteiger partial charge in [-0.15, -0.1) is 11.3 Å². The van der Waals surface area contributed by atoms with Crippen LogP contribution in [0.2, 0.25) is 0 Å². The molecule has 0 amide bonds. The molecule has 2 unspecified atom stereocenters. The monoisotopic (exact) mass is 307 g/mol. The van der Waals surface area contributed by atoms with Gasteiger partial charge >= 0.3 is 0 Å². The maximum atomic E-state index is 5.88. The Balaban J connectivity index is 1.70. The highest BCUT2D eigenvalue weighted by atomic mass is 32.1. The maximum absolute atomic E-state index is 5.88. The van der Waals surface area contributed by atoms with E-state index in [1.54, 1.807) is 11.3 Å². The highest BCUT2D eigenvalue weighted by molar-refractivity contribution is 7.10. The molecule has 1 aliphatic heterocycles. The van der Waals surface area contributed by atoms with Crippen LogP contribution in [-0.2, 0) is 4.74 Å². The molecule has 1 aliphatic rings. The van der Waals surface area contributed by atoms with Gasteiger partial charge in [0, 0.05) is 23.9 Å². The fraction of sp³-hybridized carbons (Fsp3) is 0.600. The van der Waals surface area contributed by atoms with Crippen LogP contribution in [0.4, 0.5) is 0 Å². The van der Waals surface area contributed by atoms with Crippen molar-refractivity contribution in [3.8, 4) is 0 Å². The fourth-order valence-corrected chi connectivity index (χ4v) is 3.24. The van der Waals surface area contributed by atoms with Crippen LogP contribution in [0.1, 0.15) is 55.4 Å². The van der Waals surface area contributed by atoms with Crippen molar-refractivity contribution in [3.63, 3.8) is 0 Å². The third kappa shape index (κ3) is 3.17. The van der Waals surface area contributed by atoms with Gasteiger partial charge in [-0.1, -0.05) is 25.1 Å². The summed E-state index contributed by atoms with van der Waals surface area (Å²) in [4.78, 5) is 8.15. The molecule has 5 nitrogen and oxygen atoms in total. The maximum Gasteiger partial charge on any atom is 0.243 e. The van der Waals surface area contributed by atoms with Gasteiger partial charge in [0.05, 0.1) is 12.6 Å². The van der Waals surface area contributed by atoms with E-state index in [0.717, 1.165) is 25.5 Å². The second kappa shape index (κ2) is 6.25. The lowest BCUT2D eigenvalue weighted by atomic mass is 10.2. The lowest BCUT2D eigenvalue weighted by Crippen LogP contribution is -2.39. The molecule has 2 aromatic rings. The number of morpholine rings is 1. The lowest BCUT2D eigenvalue weighted by molar-refractivity contribution is -0.0453. The van der Waals surface area contributed by atoms with Crippen molar-refractivity contribution in [2.45, 2.75) is 38.8 Å². The Bertz CT molecular complexity index is 567. The summed E-state index contributed by atoms with van der Waals surface area (Å²) < 4.78 is 11.3. The van der Waals surface area contributed by atoms with Crippen molar-refractivity contribution in [2.75, 3.05) is 19.7 Å². The van der Waals surface area contributed by atoms with Crippen molar-refractivity contribution in [3.05, 3.63) is 34.1 Å². The van der Waals surface area contributed by atoms with E-state index in [-0.39, 0.29) is 12.1 Å². The van der Waals surface area contributed by atoms with Crippen molar-refractivity contribution in [1.82, 2.24) is 15.0 Å². The van der Waals surface area contributed by atoms with Gasteiger partial charge in [0.2, 0.25) is 5.89 Å². The Kier molecular flexibility index (Phi) is 4.37. The average molecular weight is 307 g/mol. The number of nitrogens with zero attached hydrogens (tertiary/aromatic N) is 3. The van der Waals surface area contributed by atoms with Gasteiger partial charge in [-0.25, -0.2) is 0 Å². The van der Waals surface area contributed by atoms with Gasteiger partial charge < -0.3 is 9.26 Å². The van der Waals surface area contributed by atoms with Crippen LogP contribution in [0.5, 0.6) is 0 Å². The van der Waals surface area contributed by atoms with Crippen molar-refractivity contribution < 1.29 is 9.26 Å². The summed E-state index contributed by atoms with van der Waals surface area (Å²) >= 11 is 1.74. The van der Waals surface area contributed by atoms with Gasteiger partial charge in [0.25, 0.3) is 0 Å². The Labute approximate surface area is 128 Å². The first-order valence-corrected chi connectivity index (χ1v) is 8.25. The zero-order valence-corrected chi connectivity index (χ0v) is 13.5. The highest BCUT2D eigenvalue weighted by Gasteiger charge is 2.29. The second-order valence-corrected chi connectivity index (χ2v) is 6.67. The SMILES string of the molecule is CC(C)c1noc(C(C)N2CCOC(c3cccs3)C2)n1. The van der Waals surface area contributed by atoms with Gasteiger partial charge in [-0.2, -0.15) is 4.98 Å². The standard InChI is InChI=1S/C15H21N3O2S/c1-10(2)14-16-15(20-17-14)11(3)18-6-7-19-12(9-18)13-5-4-8-21-13/h4-5,8,10-12H,6-7,9H2,1-3H3. The van der Waals surface area contributed by atoms with Crippen LogP contribution in [0, 0.1) is 0 Å². The van der Waals surface area contributed by atoms with E-state index in [1.807, 2.05) is 0 Å². The first-order valence-electron chi connectivity index (χ1n) is 7.37. The van der Waals surface area contributed by atoms with Gasteiger partial charge in [-0.05, 0) is 18.4 Å². The molecule has 3 heterocycles. The van der Waals surface area contributed by atoms with Crippen LogP contribution in [0.3, 0.4) is 0 Å². The molecule has 3 rings (SSSR count). The van der Waals surface area contributed by atoms with E-state index in [0.29, 0.717) is 11.8 Å². The second-order valence-electron chi connectivity index (χ2n) is 5.69. The van der Waals surface area contributed by atoms with E-state index < -0.39 is 0 Å². The van der Waals surface area contributed by atoms with Gasteiger partial charge in [0.1, 0.15) is 6.10 Å². The van der Waals surface area contributed by atoms with Crippen molar-refractivity contribution in [1.29, 1.82) is 0 Å². The molecular weight excluding hydrogens is 286 g/mol. The summed E-state index contributed by atoms with van der Waals surface area (Å²) in [6, 6.07) is 4.32. The zero-order chi connectivity index (χ0) is 14.8. The molecule has 0 spiro atoms. The largest absolute Gasteiger partial charge is 0.370 e. The quantitative estimate of drug-likeness (QED) is 0.866. The molecule has 0 bridgehead atoms. The molecule has 114 valence electrons. The molecule has 0 aliphatic carbocycles. The van der Waals surface area contributed by atoms with Crippen LogP contribution in [-0.4, -0.2) is 34.7 Å². The molecule has 0 saturated carbocycles. The minimum atomic E-state index is 0.122. The summed E-state index contributed by atoms with van der Waals surface area (Å²) in [5.41, 5.74) is 0. The van der Waals surface area contributed by atoms with E-state index >= 15 is 0 Å². The van der Waals surface area contributed by atoms with Crippen LogP contribution in [0.15, 0.2) is 22.0 Å². The third-order valence-electron chi connectivity index (χ3n) is 3.84. The zero-order valence-electron chi connectivity index (χ0n) is 12.7. The van der Waals surface area contributed by atoms with Crippen molar-refractivity contribution in [2.24, 2.45) is 0 Å². The van der Waals surface area contributed by atoms with Crippen LogP contribution in [0.25, 0.3) is 0 Å². The third-order valence-corrected chi connectivity index (χ3v) is 4.80. The average Bonchev–Trinajstić information content (AvgIpc) is 3.18. The molecule has 6 heteroatoms. The molecule has 0 N–H and O–H groups in total. The Morgan fingerprint density at radius 1 is 1.38 bits per heavy atom. The molecule has 2 atom stereocenters. The minimum Gasteiger partial charge on any atom is -0.370 e.